The quantitative estimate of drug-likeness (QED) is 0.381. The maximum atomic E-state index is 13.7. The van der Waals surface area contributed by atoms with Crippen LogP contribution in [0.2, 0.25) is 0 Å². The van der Waals surface area contributed by atoms with Gasteiger partial charge in [-0.05, 0) is 65.8 Å². The summed E-state index contributed by atoms with van der Waals surface area (Å²) in [6.07, 6.45) is -0.294. The van der Waals surface area contributed by atoms with Gasteiger partial charge in [-0.1, -0.05) is 44.2 Å². The second-order valence-corrected chi connectivity index (χ2v) is 12.1. The number of hydrogen-bond acceptors (Lipinski definition) is 5. The topological polar surface area (TPSA) is 91.4 Å². The van der Waals surface area contributed by atoms with Gasteiger partial charge >= 0.3 is 6.18 Å². The summed E-state index contributed by atoms with van der Waals surface area (Å²) in [4.78, 5) is 17.6. The first-order valence-electron chi connectivity index (χ1n) is 13.1. The second-order valence-electron chi connectivity index (χ2n) is 10.2. The zero-order valence-corrected chi connectivity index (χ0v) is 23.2. The Balaban J connectivity index is 1.51. The van der Waals surface area contributed by atoms with Crippen molar-refractivity contribution in [2.45, 2.75) is 68.9 Å². The van der Waals surface area contributed by atoms with Crippen LogP contribution < -0.4 is 10.6 Å². The molecule has 3 aromatic rings. The molecule has 1 aliphatic rings. The summed E-state index contributed by atoms with van der Waals surface area (Å²) in [5, 5.41) is 6.14. The van der Waals surface area contributed by atoms with Crippen LogP contribution in [-0.4, -0.2) is 42.2 Å². The third-order valence-corrected chi connectivity index (χ3v) is 9.00. The summed E-state index contributed by atoms with van der Waals surface area (Å²) in [7, 11) is -3.98. The number of carbonyl (C=O) groups excluding carboxylic acids is 1. The number of hydrogen-bond donors (Lipinski definition) is 2. The predicted molar refractivity (Wildman–Crippen MR) is 146 cm³/mol. The summed E-state index contributed by atoms with van der Waals surface area (Å²) >= 11 is 0. The Morgan fingerprint density at radius 3 is 2.33 bits per heavy atom. The molecule has 1 fully saturated rings. The van der Waals surface area contributed by atoms with Crippen LogP contribution in [0.15, 0.2) is 78.0 Å². The lowest BCUT2D eigenvalue weighted by molar-refractivity contribution is -0.137. The zero-order chi connectivity index (χ0) is 28.9. The lowest BCUT2D eigenvalue weighted by Crippen LogP contribution is -2.56. The van der Waals surface area contributed by atoms with Gasteiger partial charge in [0.25, 0.3) is 0 Å². The summed E-state index contributed by atoms with van der Waals surface area (Å²) in [6.45, 7) is 4.66. The Bertz CT molecular complexity index is 1380. The van der Waals surface area contributed by atoms with Crippen molar-refractivity contribution >= 4 is 15.9 Å². The molecule has 214 valence electrons. The number of piperidine rings is 1. The van der Waals surface area contributed by atoms with Crippen molar-refractivity contribution in [3.05, 3.63) is 95.3 Å². The minimum atomic E-state index is -4.45. The van der Waals surface area contributed by atoms with Crippen molar-refractivity contribution in [2.75, 3.05) is 6.54 Å². The Morgan fingerprint density at radius 2 is 1.73 bits per heavy atom. The maximum absolute atomic E-state index is 13.7. The number of rotatable bonds is 9. The van der Waals surface area contributed by atoms with Gasteiger partial charge in [-0.2, -0.15) is 17.5 Å². The van der Waals surface area contributed by atoms with Crippen LogP contribution in [0.25, 0.3) is 0 Å². The Labute approximate surface area is 232 Å². The van der Waals surface area contributed by atoms with Crippen LogP contribution in [-0.2, 0) is 34.1 Å². The van der Waals surface area contributed by atoms with Crippen molar-refractivity contribution in [3.8, 4) is 0 Å². The molecule has 0 spiro atoms. The van der Waals surface area contributed by atoms with Gasteiger partial charge in [-0.25, -0.2) is 8.42 Å². The second kappa shape index (κ2) is 12.5. The minimum absolute atomic E-state index is 0.0295. The van der Waals surface area contributed by atoms with Crippen molar-refractivity contribution in [2.24, 2.45) is 0 Å². The molecule has 40 heavy (non-hydrogen) atoms. The van der Waals surface area contributed by atoms with Crippen LogP contribution in [0.4, 0.5) is 13.2 Å². The molecule has 1 saturated heterocycles. The minimum Gasteiger partial charge on any atom is -0.351 e. The van der Waals surface area contributed by atoms with E-state index in [1.807, 2.05) is 26.0 Å². The number of carbonyl (C=O) groups is 1. The average Bonchev–Trinajstić information content (AvgIpc) is 2.95. The lowest BCUT2D eigenvalue weighted by atomic mass is 9.98. The van der Waals surface area contributed by atoms with Crippen molar-refractivity contribution in [1.82, 2.24) is 19.9 Å². The molecule has 0 unspecified atom stereocenters. The molecule has 0 aliphatic carbocycles. The molecule has 2 aromatic carbocycles. The molecule has 1 aromatic heterocycles. The molecular formula is C29H33F3N4O3S. The lowest BCUT2D eigenvalue weighted by Gasteiger charge is -2.38. The molecule has 0 bridgehead atoms. The molecule has 2 atom stereocenters. The first-order chi connectivity index (χ1) is 18.9. The molecule has 0 radical (unpaired) electrons. The average molecular weight is 575 g/mol. The molecule has 1 amide bonds. The number of nitrogens with zero attached hydrogens (tertiary/aromatic N) is 2. The third kappa shape index (κ3) is 7.26. The predicted octanol–water partition coefficient (Wildman–Crippen LogP) is 4.85. The molecule has 1 aliphatic heterocycles. The molecule has 0 saturated carbocycles. The standard InChI is InChI=1S/C29H33F3N4O3S/c1-20(2)23-7-11-26(12-8-23)40(38,39)36-15-13-25(34-19-22-4-3-14-33-17-22)16-27(36)28(37)35-18-21-5-9-24(10-6-21)29(30,31)32/h3-12,14,17,20,25,27,34H,13,15-16,18-19H2,1-2H3,(H,35,37)/t25-,27-/m1/s1. The maximum Gasteiger partial charge on any atom is 0.416 e. The van der Waals surface area contributed by atoms with Gasteiger partial charge in [0.05, 0.1) is 10.5 Å². The number of alkyl halides is 3. The van der Waals surface area contributed by atoms with Gasteiger partial charge < -0.3 is 10.6 Å². The first kappa shape index (κ1) is 29.7. The summed E-state index contributed by atoms with van der Waals surface area (Å²) in [6, 6.07) is 13.8. The monoisotopic (exact) mass is 574 g/mol. The van der Waals surface area contributed by atoms with Gasteiger partial charge in [0.2, 0.25) is 15.9 Å². The fourth-order valence-corrected chi connectivity index (χ4v) is 6.31. The third-order valence-electron chi connectivity index (χ3n) is 7.08. The van der Waals surface area contributed by atoms with E-state index in [1.165, 1.54) is 16.4 Å². The molecule has 2 N–H and O–H groups in total. The number of amides is 1. The first-order valence-corrected chi connectivity index (χ1v) is 14.6. The highest BCUT2D eigenvalue weighted by Gasteiger charge is 2.40. The normalized spacial score (nSPS) is 18.6. The summed E-state index contributed by atoms with van der Waals surface area (Å²) in [5.74, 6) is -0.266. The Hall–Kier alpha value is -3.28. The fraction of sp³-hybridized carbons (Fsp3) is 0.379. The molecule has 2 heterocycles. The van der Waals surface area contributed by atoms with Gasteiger partial charge in [0, 0.05) is 38.1 Å². The smallest absolute Gasteiger partial charge is 0.351 e. The van der Waals surface area contributed by atoms with E-state index in [1.54, 1.807) is 36.7 Å². The molecule has 7 nitrogen and oxygen atoms in total. The molecule has 11 heteroatoms. The van der Waals surface area contributed by atoms with Crippen molar-refractivity contribution in [3.63, 3.8) is 0 Å². The zero-order valence-electron chi connectivity index (χ0n) is 22.4. The van der Waals surface area contributed by atoms with E-state index in [9.17, 15) is 26.4 Å². The molecular weight excluding hydrogens is 541 g/mol. The van der Waals surface area contributed by atoms with Crippen LogP contribution in [0.3, 0.4) is 0 Å². The Morgan fingerprint density at radius 1 is 1.02 bits per heavy atom. The van der Waals surface area contributed by atoms with E-state index in [0.717, 1.165) is 23.3 Å². The SMILES string of the molecule is CC(C)c1ccc(S(=O)(=O)N2CC[C@@H](NCc3cccnc3)C[C@@H]2C(=O)NCc2ccc(C(F)(F)F)cc2)cc1. The van der Waals surface area contributed by atoms with Gasteiger partial charge in [-0.3, -0.25) is 9.78 Å². The summed E-state index contributed by atoms with van der Waals surface area (Å²) < 4.78 is 67.3. The Kier molecular flexibility index (Phi) is 9.27. The van der Waals surface area contributed by atoms with Crippen molar-refractivity contribution in [1.29, 1.82) is 0 Å². The van der Waals surface area contributed by atoms with Crippen LogP contribution in [0, 0.1) is 0 Å². The van der Waals surface area contributed by atoms with Gasteiger partial charge in [-0.15, -0.1) is 0 Å². The highest BCUT2D eigenvalue weighted by atomic mass is 32.2. The van der Waals surface area contributed by atoms with Crippen LogP contribution >= 0.6 is 0 Å². The fourth-order valence-electron chi connectivity index (χ4n) is 4.70. The number of benzene rings is 2. The molecule has 4 rings (SSSR count). The van der Waals surface area contributed by atoms with E-state index in [-0.39, 0.29) is 36.4 Å². The van der Waals surface area contributed by atoms with E-state index >= 15 is 0 Å². The number of aromatic nitrogens is 1. The highest BCUT2D eigenvalue weighted by Crippen LogP contribution is 2.30. The largest absolute Gasteiger partial charge is 0.416 e. The van der Waals surface area contributed by atoms with Crippen LogP contribution in [0.5, 0.6) is 0 Å². The van der Waals surface area contributed by atoms with Crippen molar-refractivity contribution < 1.29 is 26.4 Å². The number of halogens is 3. The van der Waals surface area contributed by atoms with E-state index < -0.39 is 33.7 Å². The highest BCUT2D eigenvalue weighted by molar-refractivity contribution is 7.89. The van der Waals surface area contributed by atoms with Crippen LogP contribution in [0.1, 0.15) is 54.9 Å². The number of sulfonamides is 1. The summed E-state index contributed by atoms with van der Waals surface area (Å²) in [5.41, 5.74) is 1.66. The van der Waals surface area contributed by atoms with Gasteiger partial charge in [0.1, 0.15) is 6.04 Å². The van der Waals surface area contributed by atoms with E-state index in [4.69, 9.17) is 0 Å². The number of nitrogens with one attached hydrogen (secondary N) is 2. The van der Waals surface area contributed by atoms with E-state index in [0.29, 0.717) is 18.5 Å². The van der Waals surface area contributed by atoms with E-state index in [2.05, 4.69) is 15.6 Å². The van der Waals surface area contributed by atoms with Gasteiger partial charge in [0.15, 0.2) is 0 Å². The number of pyridine rings is 1.